The van der Waals surface area contributed by atoms with Crippen LogP contribution in [-0.4, -0.2) is 41.9 Å². The molecule has 166 valence electrons. The standard InChI is InChI=1S/C21H25N3O5S2/c1-16(30-19-10-8-18(9-11-19)24(26)27)21(25)22-17-6-12-20(13-7-17)31(28,29)23-14-4-2-3-5-15-23/h6-13,16H,2-5,14-15H2,1H3,(H,22,25). The first-order valence-corrected chi connectivity index (χ1v) is 12.4. The number of sulfonamides is 1. The van der Waals surface area contributed by atoms with Gasteiger partial charge in [0.1, 0.15) is 0 Å². The highest BCUT2D eigenvalue weighted by Gasteiger charge is 2.25. The Morgan fingerprint density at radius 1 is 1.03 bits per heavy atom. The van der Waals surface area contributed by atoms with Crippen LogP contribution >= 0.6 is 11.8 Å². The van der Waals surface area contributed by atoms with Gasteiger partial charge in [-0.2, -0.15) is 4.31 Å². The third kappa shape index (κ3) is 6.05. The number of hydrogen-bond acceptors (Lipinski definition) is 6. The summed E-state index contributed by atoms with van der Waals surface area (Å²) in [6, 6.07) is 12.2. The van der Waals surface area contributed by atoms with Gasteiger partial charge >= 0.3 is 0 Å². The number of rotatable bonds is 7. The topological polar surface area (TPSA) is 110 Å². The molecule has 0 radical (unpaired) electrons. The van der Waals surface area contributed by atoms with Crippen LogP contribution in [0.25, 0.3) is 0 Å². The van der Waals surface area contributed by atoms with E-state index >= 15 is 0 Å². The zero-order valence-corrected chi connectivity index (χ0v) is 18.8. The van der Waals surface area contributed by atoms with E-state index in [2.05, 4.69) is 5.32 Å². The third-order valence-corrected chi connectivity index (χ3v) is 8.08. The first-order chi connectivity index (χ1) is 14.8. The van der Waals surface area contributed by atoms with Crippen LogP contribution in [0.4, 0.5) is 11.4 Å². The molecule has 1 aliphatic rings. The van der Waals surface area contributed by atoms with Crippen molar-refractivity contribution in [2.24, 2.45) is 0 Å². The second-order valence-corrected chi connectivity index (χ2v) is 10.7. The lowest BCUT2D eigenvalue weighted by Crippen LogP contribution is -2.31. The molecule has 3 rings (SSSR count). The van der Waals surface area contributed by atoms with Crippen molar-refractivity contribution in [1.29, 1.82) is 0 Å². The maximum atomic E-state index is 12.8. The van der Waals surface area contributed by atoms with E-state index in [4.69, 9.17) is 0 Å². The van der Waals surface area contributed by atoms with Gasteiger partial charge in [-0.1, -0.05) is 12.8 Å². The average molecular weight is 464 g/mol. The summed E-state index contributed by atoms with van der Waals surface area (Å²) in [6.45, 7) is 2.82. The van der Waals surface area contributed by atoms with Crippen LogP contribution in [0.3, 0.4) is 0 Å². The van der Waals surface area contributed by atoms with Gasteiger partial charge < -0.3 is 5.32 Å². The lowest BCUT2D eigenvalue weighted by Gasteiger charge is -2.20. The lowest BCUT2D eigenvalue weighted by atomic mass is 10.2. The van der Waals surface area contributed by atoms with E-state index in [1.54, 1.807) is 31.2 Å². The Hall–Kier alpha value is -2.43. The Morgan fingerprint density at radius 3 is 2.16 bits per heavy atom. The largest absolute Gasteiger partial charge is 0.325 e. The summed E-state index contributed by atoms with van der Waals surface area (Å²) in [7, 11) is -3.53. The van der Waals surface area contributed by atoms with Crippen molar-refractivity contribution in [3.05, 3.63) is 58.6 Å². The highest BCUT2D eigenvalue weighted by molar-refractivity contribution is 8.00. The average Bonchev–Trinajstić information content (AvgIpc) is 3.04. The number of amides is 1. The van der Waals surface area contributed by atoms with Crippen molar-refractivity contribution in [3.8, 4) is 0 Å². The monoisotopic (exact) mass is 463 g/mol. The number of hydrogen-bond donors (Lipinski definition) is 1. The third-order valence-electron chi connectivity index (χ3n) is 5.05. The van der Waals surface area contributed by atoms with E-state index in [0.717, 1.165) is 30.6 Å². The molecular weight excluding hydrogens is 438 g/mol. The number of carbonyl (C=O) groups excluding carboxylic acids is 1. The number of carbonyl (C=O) groups is 1. The normalized spacial score (nSPS) is 16.3. The molecule has 2 aromatic carbocycles. The van der Waals surface area contributed by atoms with Gasteiger partial charge in [-0.3, -0.25) is 14.9 Å². The van der Waals surface area contributed by atoms with Crippen molar-refractivity contribution in [2.75, 3.05) is 18.4 Å². The maximum absolute atomic E-state index is 12.8. The van der Waals surface area contributed by atoms with Gasteiger partial charge in [0.15, 0.2) is 0 Å². The number of benzene rings is 2. The van der Waals surface area contributed by atoms with Crippen LogP contribution in [0.15, 0.2) is 58.3 Å². The molecule has 10 heteroatoms. The molecule has 1 unspecified atom stereocenters. The summed E-state index contributed by atoms with van der Waals surface area (Å²) in [4.78, 5) is 23.7. The van der Waals surface area contributed by atoms with Crippen LogP contribution in [0.5, 0.6) is 0 Å². The molecule has 0 saturated carbocycles. The van der Waals surface area contributed by atoms with Crippen molar-refractivity contribution in [2.45, 2.75) is 47.6 Å². The predicted molar refractivity (Wildman–Crippen MR) is 121 cm³/mol. The molecule has 1 aliphatic heterocycles. The molecule has 31 heavy (non-hydrogen) atoms. The molecular formula is C21H25N3O5S2. The van der Waals surface area contributed by atoms with Gasteiger partial charge in [-0.05, 0) is 56.2 Å². The Morgan fingerprint density at radius 2 is 1.61 bits per heavy atom. The van der Waals surface area contributed by atoms with E-state index in [1.807, 2.05) is 0 Å². The van der Waals surface area contributed by atoms with E-state index in [1.165, 1.54) is 40.3 Å². The fraction of sp³-hybridized carbons (Fsp3) is 0.381. The predicted octanol–water partition coefficient (Wildman–Crippen LogP) is 4.28. The number of nitrogens with one attached hydrogen (secondary N) is 1. The number of anilines is 1. The van der Waals surface area contributed by atoms with Crippen LogP contribution < -0.4 is 5.32 Å². The first kappa shape index (κ1) is 23.2. The number of nitro benzene ring substituents is 1. The minimum absolute atomic E-state index is 0.00308. The number of nitrogens with zero attached hydrogens (tertiary/aromatic N) is 2. The second kappa shape index (κ2) is 10.3. The number of thioether (sulfide) groups is 1. The fourth-order valence-electron chi connectivity index (χ4n) is 3.29. The molecule has 2 aromatic rings. The van der Waals surface area contributed by atoms with Crippen molar-refractivity contribution in [3.63, 3.8) is 0 Å². The molecule has 1 fully saturated rings. The smallest absolute Gasteiger partial charge is 0.269 e. The second-order valence-electron chi connectivity index (χ2n) is 7.34. The van der Waals surface area contributed by atoms with Crippen LogP contribution in [0.2, 0.25) is 0 Å². The lowest BCUT2D eigenvalue weighted by molar-refractivity contribution is -0.384. The Bertz CT molecular complexity index is 1020. The van der Waals surface area contributed by atoms with Gasteiger partial charge in [-0.15, -0.1) is 11.8 Å². The quantitative estimate of drug-likeness (QED) is 0.373. The Kier molecular flexibility index (Phi) is 7.69. The minimum atomic E-state index is -3.53. The molecule has 1 heterocycles. The van der Waals surface area contributed by atoms with Gasteiger partial charge in [0, 0.05) is 35.8 Å². The summed E-state index contributed by atoms with van der Waals surface area (Å²) < 4.78 is 27.2. The minimum Gasteiger partial charge on any atom is -0.325 e. The summed E-state index contributed by atoms with van der Waals surface area (Å²) >= 11 is 1.28. The van der Waals surface area contributed by atoms with E-state index < -0.39 is 20.2 Å². The fourth-order valence-corrected chi connectivity index (χ4v) is 5.67. The molecule has 1 saturated heterocycles. The summed E-state index contributed by atoms with van der Waals surface area (Å²) in [5, 5.41) is 13.1. The van der Waals surface area contributed by atoms with Gasteiger partial charge in [0.2, 0.25) is 15.9 Å². The number of non-ortho nitro benzene ring substituents is 1. The highest BCUT2D eigenvalue weighted by Crippen LogP contribution is 2.27. The summed E-state index contributed by atoms with van der Waals surface area (Å²) in [5.74, 6) is -0.244. The van der Waals surface area contributed by atoms with Crippen LogP contribution in [-0.2, 0) is 14.8 Å². The van der Waals surface area contributed by atoms with Gasteiger partial charge in [-0.25, -0.2) is 8.42 Å². The molecule has 0 aliphatic carbocycles. The van der Waals surface area contributed by atoms with Crippen LogP contribution in [0.1, 0.15) is 32.6 Å². The zero-order chi connectivity index (χ0) is 22.4. The van der Waals surface area contributed by atoms with Gasteiger partial charge in [0.25, 0.3) is 5.69 Å². The molecule has 0 aromatic heterocycles. The first-order valence-electron chi connectivity index (χ1n) is 10.1. The molecule has 1 N–H and O–H groups in total. The van der Waals surface area contributed by atoms with E-state index in [0.29, 0.717) is 18.8 Å². The van der Waals surface area contributed by atoms with E-state index in [9.17, 15) is 23.3 Å². The van der Waals surface area contributed by atoms with E-state index in [-0.39, 0.29) is 16.5 Å². The summed E-state index contributed by atoms with van der Waals surface area (Å²) in [6.07, 6.45) is 3.84. The zero-order valence-electron chi connectivity index (χ0n) is 17.2. The maximum Gasteiger partial charge on any atom is 0.269 e. The van der Waals surface area contributed by atoms with Crippen molar-refractivity contribution < 1.29 is 18.1 Å². The molecule has 0 bridgehead atoms. The number of nitro groups is 1. The Labute approximate surface area is 186 Å². The highest BCUT2D eigenvalue weighted by atomic mass is 32.2. The van der Waals surface area contributed by atoms with Gasteiger partial charge in [0.05, 0.1) is 15.1 Å². The van der Waals surface area contributed by atoms with Crippen molar-refractivity contribution >= 4 is 39.1 Å². The molecule has 8 nitrogen and oxygen atoms in total. The molecule has 1 atom stereocenters. The summed E-state index contributed by atoms with van der Waals surface area (Å²) in [5.41, 5.74) is 0.507. The SMILES string of the molecule is CC(Sc1ccc([N+](=O)[O-])cc1)C(=O)Nc1ccc(S(=O)(=O)N2CCCCCC2)cc1. The van der Waals surface area contributed by atoms with Crippen molar-refractivity contribution in [1.82, 2.24) is 4.31 Å². The van der Waals surface area contributed by atoms with Crippen LogP contribution in [0, 0.1) is 10.1 Å². The molecule has 0 spiro atoms. The Balaban J connectivity index is 1.60. The molecule has 1 amide bonds.